The second kappa shape index (κ2) is 5.62. The summed E-state index contributed by atoms with van der Waals surface area (Å²) in [6, 6.07) is 5.19. The highest BCUT2D eigenvalue weighted by Crippen LogP contribution is 2.53. The molecule has 1 aromatic rings. The first-order valence-electron chi connectivity index (χ1n) is 8.15. The number of hydrogen-bond donors (Lipinski definition) is 2. The Kier molecular flexibility index (Phi) is 3.75. The van der Waals surface area contributed by atoms with Gasteiger partial charge < -0.3 is 10.1 Å². The standard InChI is InChI=1S/C17H18BrN3O4/c1-8-12-13(15(23)21(14(12)22)5-6-25-2)17(20-8)10-7-9(18)3-4-11(10)19-16(17)24/h3-4,7-8,12-13,20H,5-6H2,1-2H3,(H,19,24)/t8-,12-,13+,17-/m1/s1. The Bertz CT molecular complexity index is 798. The number of ether oxygens (including phenoxy) is 1. The van der Waals surface area contributed by atoms with Crippen LogP contribution in [0.2, 0.25) is 0 Å². The molecule has 3 aliphatic heterocycles. The van der Waals surface area contributed by atoms with Crippen LogP contribution in [-0.4, -0.2) is 48.9 Å². The summed E-state index contributed by atoms with van der Waals surface area (Å²) in [7, 11) is 1.52. The molecule has 3 heterocycles. The fraction of sp³-hybridized carbons (Fsp3) is 0.471. The van der Waals surface area contributed by atoms with E-state index in [1.54, 1.807) is 6.07 Å². The van der Waals surface area contributed by atoms with E-state index in [1.165, 1.54) is 12.0 Å². The molecule has 4 rings (SSSR count). The highest BCUT2D eigenvalue weighted by molar-refractivity contribution is 9.10. The summed E-state index contributed by atoms with van der Waals surface area (Å²) < 4.78 is 5.83. The molecule has 1 spiro atoms. The van der Waals surface area contributed by atoms with Crippen LogP contribution in [0.25, 0.3) is 0 Å². The maximum Gasteiger partial charge on any atom is 0.250 e. The number of likely N-dealkylation sites (tertiary alicyclic amines) is 1. The summed E-state index contributed by atoms with van der Waals surface area (Å²) in [4.78, 5) is 40.0. The number of carbonyl (C=O) groups excluding carboxylic acids is 3. The van der Waals surface area contributed by atoms with Crippen LogP contribution in [0.5, 0.6) is 0 Å². The quantitative estimate of drug-likeness (QED) is 0.724. The highest BCUT2D eigenvalue weighted by atomic mass is 79.9. The average Bonchev–Trinajstić information content (AvgIpc) is 3.12. The lowest BCUT2D eigenvalue weighted by atomic mass is 9.76. The third-order valence-electron chi connectivity index (χ3n) is 5.43. The largest absolute Gasteiger partial charge is 0.383 e. The van der Waals surface area contributed by atoms with E-state index in [1.807, 2.05) is 19.1 Å². The molecule has 2 saturated heterocycles. The van der Waals surface area contributed by atoms with Crippen molar-refractivity contribution in [1.29, 1.82) is 0 Å². The van der Waals surface area contributed by atoms with Gasteiger partial charge in [0, 0.05) is 28.9 Å². The molecule has 7 nitrogen and oxygen atoms in total. The van der Waals surface area contributed by atoms with E-state index < -0.39 is 17.4 Å². The van der Waals surface area contributed by atoms with Gasteiger partial charge in [0.2, 0.25) is 17.7 Å². The number of benzene rings is 1. The van der Waals surface area contributed by atoms with Crippen molar-refractivity contribution < 1.29 is 19.1 Å². The summed E-state index contributed by atoms with van der Waals surface area (Å²) >= 11 is 3.43. The van der Waals surface area contributed by atoms with Gasteiger partial charge in [-0.05, 0) is 25.1 Å². The first-order chi connectivity index (χ1) is 11.9. The Hall–Kier alpha value is -1.77. The summed E-state index contributed by atoms with van der Waals surface area (Å²) in [6.45, 7) is 2.33. The van der Waals surface area contributed by atoms with Gasteiger partial charge >= 0.3 is 0 Å². The van der Waals surface area contributed by atoms with Crippen LogP contribution in [0.4, 0.5) is 5.69 Å². The maximum atomic E-state index is 13.1. The third kappa shape index (κ3) is 2.07. The summed E-state index contributed by atoms with van der Waals surface area (Å²) in [5, 5.41) is 6.12. The minimum atomic E-state index is -1.21. The van der Waals surface area contributed by atoms with Crippen molar-refractivity contribution in [3.63, 3.8) is 0 Å². The number of nitrogens with one attached hydrogen (secondary N) is 2. The molecular weight excluding hydrogens is 390 g/mol. The van der Waals surface area contributed by atoms with Gasteiger partial charge in [0.05, 0.1) is 25.0 Å². The lowest BCUT2D eigenvalue weighted by molar-refractivity contribution is -0.143. The molecule has 0 saturated carbocycles. The topological polar surface area (TPSA) is 87.7 Å². The van der Waals surface area contributed by atoms with Gasteiger partial charge in [-0.25, -0.2) is 0 Å². The molecule has 0 aliphatic carbocycles. The van der Waals surface area contributed by atoms with Crippen molar-refractivity contribution >= 4 is 39.3 Å². The van der Waals surface area contributed by atoms with Gasteiger partial charge in [-0.1, -0.05) is 15.9 Å². The molecule has 4 atom stereocenters. The molecule has 8 heteroatoms. The predicted octanol–water partition coefficient (Wildman–Crippen LogP) is 0.836. The molecule has 0 bridgehead atoms. The number of fused-ring (bicyclic) bond motifs is 4. The number of amides is 3. The zero-order chi connectivity index (χ0) is 17.9. The summed E-state index contributed by atoms with van der Waals surface area (Å²) in [5.41, 5.74) is 0.169. The minimum absolute atomic E-state index is 0.205. The zero-order valence-corrected chi connectivity index (χ0v) is 15.4. The van der Waals surface area contributed by atoms with E-state index in [9.17, 15) is 14.4 Å². The van der Waals surface area contributed by atoms with Gasteiger partial charge in [0.1, 0.15) is 5.54 Å². The van der Waals surface area contributed by atoms with Crippen LogP contribution in [0.3, 0.4) is 0 Å². The number of rotatable bonds is 3. The average molecular weight is 408 g/mol. The fourth-order valence-electron chi connectivity index (χ4n) is 4.40. The van der Waals surface area contributed by atoms with Crippen LogP contribution < -0.4 is 10.6 Å². The van der Waals surface area contributed by atoms with Gasteiger partial charge in [0.15, 0.2) is 0 Å². The summed E-state index contributed by atoms with van der Waals surface area (Å²) in [5.74, 6) is -2.14. The number of methoxy groups -OCH3 is 1. The second-order valence-corrected chi connectivity index (χ2v) is 7.63. The van der Waals surface area contributed by atoms with Crippen LogP contribution in [-0.2, 0) is 24.7 Å². The van der Waals surface area contributed by atoms with E-state index in [4.69, 9.17) is 4.74 Å². The van der Waals surface area contributed by atoms with E-state index in [0.717, 1.165) is 4.47 Å². The highest BCUT2D eigenvalue weighted by Gasteiger charge is 2.69. The van der Waals surface area contributed by atoms with Gasteiger partial charge in [-0.2, -0.15) is 0 Å². The van der Waals surface area contributed by atoms with Crippen molar-refractivity contribution in [2.24, 2.45) is 11.8 Å². The zero-order valence-electron chi connectivity index (χ0n) is 13.8. The van der Waals surface area contributed by atoms with E-state index in [-0.39, 0.29) is 36.9 Å². The van der Waals surface area contributed by atoms with Crippen molar-refractivity contribution in [3.8, 4) is 0 Å². The van der Waals surface area contributed by atoms with E-state index in [2.05, 4.69) is 26.6 Å². The fourth-order valence-corrected chi connectivity index (χ4v) is 4.76. The second-order valence-electron chi connectivity index (χ2n) is 6.71. The minimum Gasteiger partial charge on any atom is -0.383 e. The van der Waals surface area contributed by atoms with E-state index >= 15 is 0 Å². The molecule has 0 unspecified atom stereocenters. The first kappa shape index (κ1) is 16.7. The Morgan fingerprint density at radius 1 is 1.28 bits per heavy atom. The molecule has 0 radical (unpaired) electrons. The van der Waals surface area contributed by atoms with Crippen molar-refractivity contribution in [3.05, 3.63) is 28.2 Å². The first-order valence-corrected chi connectivity index (χ1v) is 8.94. The molecule has 1 aromatic carbocycles. The van der Waals surface area contributed by atoms with Crippen LogP contribution in [0.1, 0.15) is 12.5 Å². The Labute approximate surface area is 153 Å². The van der Waals surface area contributed by atoms with E-state index in [0.29, 0.717) is 11.3 Å². The monoisotopic (exact) mass is 407 g/mol. The van der Waals surface area contributed by atoms with Gasteiger partial charge in [-0.15, -0.1) is 0 Å². The lowest BCUT2D eigenvalue weighted by Gasteiger charge is -2.29. The number of carbonyl (C=O) groups is 3. The Morgan fingerprint density at radius 2 is 2.04 bits per heavy atom. The molecule has 0 aromatic heterocycles. The number of hydrogen-bond acceptors (Lipinski definition) is 5. The molecule has 3 amide bonds. The van der Waals surface area contributed by atoms with Crippen LogP contribution >= 0.6 is 15.9 Å². The predicted molar refractivity (Wildman–Crippen MR) is 92.6 cm³/mol. The molecule has 132 valence electrons. The van der Waals surface area contributed by atoms with Crippen molar-refractivity contribution in [2.75, 3.05) is 25.6 Å². The van der Waals surface area contributed by atoms with Crippen LogP contribution in [0.15, 0.2) is 22.7 Å². The molecule has 2 fully saturated rings. The molecule has 25 heavy (non-hydrogen) atoms. The third-order valence-corrected chi connectivity index (χ3v) is 5.93. The maximum absolute atomic E-state index is 13.1. The number of nitrogens with zero attached hydrogens (tertiary/aromatic N) is 1. The van der Waals surface area contributed by atoms with Crippen molar-refractivity contribution in [1.82, 2.24) is 10.2 Å². The number of anilines is 1. The van der Waals surface area contributed by atoms with Gasteiger partial charge in [0.25, 0.3) is 0 Å². The molecule has 3 aliphatic rings. The Balaban J connectivity index is 1.83. The smallest absolute Gasteiger partial charge is 0.250 e. The normalized spacial score (nSPS) is 33.2. The lowest BCUT2D eigenvalue weighted by Crippen LogP contribution is -2.53. The van der Waals surface area contributed by atoms with Crippen molar-refractivity contribution in [2.45, 2.75) is 18.5 Å². The summed E-state index contributed by atoms with van der Waals surface area (Å²) in [6.07, 6.45) is 0. The van der Waals surface area contributed by atoms with Gasteiger partial charge in [-0.3, -0.25) is 24.6 Å². The molecule has 2 N–H and O–H groups in total. The number of halogens is 1. The Morgan fingerprint density at radius 3 is 2.76 bits per heavy atom. The SMILES string of the molecule is COCCN1C(=O)[C@H]2[C@@H](C1=O)[C@@]1(N[C@@H]2C)C(=O)Nc2ccc(Br)cc21. The number of imide groups is 1. The van der Waals surface area contributed by atoms with Crippen LogP contribution in [0, 0.1) is 11.8 Å². The molecular formula is C17H18BrN3O4.